The first kappa shape index (κ1) is 37.8. The van der Waals surface area contributed by atoms with Gasteiger partial charge in [-0.25, -0.2) is 17.6 Å². The zero-order chi connectivity index (χ0) is 41.8. The highest BCUT2D eigenvalue weighted by Gasteiger charge is 2.36. The van der Waals surface area contributed by atoms with Gasteiger partial charge in [-0.2, -0.15) is 0 Å². The van der Waals surface area contributed by atoms with Crippen molar-refractivity contribution in [1.29, 1.82) is 0 Å². The predicted octanol–water partition coefficient (Wildman–Crippen LogP) is 16.0. The Hall–Kier alpha value is -7.44. The van der Waals surface area contributed by atoms with Gasteiger partial charge in [0.2, 0.25) is 0 Å². The molecule has 0 saturated heterocycles. The lowest BCUT2D eigenvalue weighted by atomic mass is 9.82. The van der Waals surface area contributed by atoms with Crippen molar-refractivity contribution in [2.45, 2.75) is 19.3 Å². The van der Waals surface area contributed by atoms with Crippen LogP contribution >= 0.6 is 0 Å². The molecule has 6 heteroatoms. The zero-order valence-electron chi connectivity index (χ0n) is 33.4. The minimum absolute atomic E-state index is 0.00873. The summed E-state index contributed by atoms with van der Waals surface area (Å²) in [4.78, 5) is 3.32. The van der Waals surface area contributed by atoms with Crippen LogP contribution in [-0.2, 0) is 5.41 Å². The summed E-state index contributed by atoms with van der Waals surface area (Å²) >= 11 is 0. The largest absolute Gasteiger partial charge is 0.310 e. The molecule has 9 aromatic rings. The Balaban J connectivity index is 1.07. The highest BCUT2D eigenvalue weighted by Crippen LogP contribution is 2.51. The molecule has 0 unspecified atom stereocenters. The summed E-state index contributed by atoms with van der Waals surface area (Å²) in [6.45, 7) is 4.44. The fourth-order valence-corrected chi connectivity index (χ4v) is 8.93. The zero-order valence-corrected chi connectivity index (χ0v) is 33.4. The number of hydrogen-bond acceptors (Lipinski definition) is 2. The van der Waals surface area contributed by atoms with Crippen molar-refractivity contribution in [3.63, 3.8) is 0 Å². The molecule has 0 aliphatic heterocycles. The van der Waals surface area contributed by atoms with Crippen LogP contribution in [0, 0.1) is 23.3 Å². The molecule has 1 aliphatic rings. The summed E-state index contributed by atoms with van der Waals surface area (Å²) in [5.74, 6) is -6.00. The smallest absolute Gasteiger partial charge is 0.186 e. The maximum atomic E-state index is 16.8. The number of halogens is 4. The second-order valence-corrected chi connectivity index (χ2v) is 15.8. The van der Waals surface area contributed by atoms with E-state index in [4.69, 9.17) is 0 Å². The van der Waals surface area contributed by atoms with Gasteiger partial charge in [0.05, 0.1) is 11.3 Å². The molecule has 0 radical (unpaired) electrons. The lowest BCUT2D eigenvalue weighted by Gasteiger charge is -2.29. The number of rotatable bonds is 8. The second-order valence-electron chi connectivity index (χ2n) is 15.8. The molecule has 0 atom stereocenters. The van der Waals surface area contributed by atoms with Gasteiger partial charge in [-0.15, -0.1) is 0 Å². The van der Waals surface area contributed by atoms with Crippen LogP contribution < -0.4 is 9.80 Å². The first-order valence-corrected chi connectivity index (χ1v) is 20.2. The molecule has 0 spiro atoms. The predicted molar refractivity (Wildman–Crippen MR) is 242 cm³/mol. The fraction of sp³-hybridized carbons (Fsp3) is 0.0545. The minimum Gasteiger partial charge on any atom is -0.310 e. The summed E-state index contributed by atoms with van der Waals surface area (Å²) < 4.78 is 67.0. The molecule has 0 N–H and O–H groups in total. The molecule has 2 nitrogen and oxygen atoms in total. The van der Waals surface area contributed by atoms with E-state index < -0.39 is 34.5 Å². The normalized spacial score (nSPS) is 12.6. The van der Waals surface area contributed by atoms with Gasteiger partial charge in [-0.05, 0) is 98.9 Å². The molecule has 10 rings (SSSR count). The Morgan fingerprint density at radius 2 is 0.885 bits per heavy atom. The Morgan fingerprint density at radius 3 is 1.59 bits per heavy atom. The molecule has 9 aromatic carbocycles. The third-order valence-corrected chi connectivity index (χ3v) is 12.0. The molecule has 1 aliphatic carbocycles. The average molecular weight is 803 g/mol. The molecule has 0 fully saturated rings. The topological polar surface area (TPSA) is 6.48 Å². The van der Waals surface area contributed by atoms with Crippen molar-refractivity contribution in [3.05, 3.63) is 229 Å². The van der Waals surface area contributed by atoms with E-state index in [1.165, 1.54) is 39.3 Å². The first-order valence-electron chi connectivity index (χ1n) is 20.2. The van der Waals surface area contributed by atoms with Gasteiger partial charge >= 0.3 is 0 Å². The molecule has 0 amide bonds. The van der Waals surface area contributed by atoms with E-state index in [9.17, 15) is 0 Å². The Labute approximate surface area is 352 Å². The van der Waals surface area contributed by atoms with Crippen LogP contribution in [0.25, 0.3) is 44.2 Å². The van der Waals surface area contributed by atoms with Crippen molar-refractivity contribution in [2.24, 2.45) is 0 Å². The average Bonchev–Trinajstić information content (AvgIpc) is 3.53. The van der Waals surface area contributed by atoms with E-state index in [2.05, 4.69) is 61.2 Å². The quantitative estimate of drug-likeness (QED) is 0.112. The second kappa shape index (κ2) is 15.0. The van der Waals surface area contributed by atoms with Gasteiger partial charge < -0.3 is 9.80 Å². The number of nitrogens with zero attached hydrogens (tertiary/aromatic N) is 2. The van der Waals surface area contributed by atoms with Gasteiger partial charge in [0.15, 0.2) is 23.3 Å². The highest BCUT2D eigenvalue weighted by molar-refractivity contribution is 5.99. The van der Waals surface area contributed by atoms with Crippen LogP contribution in [0.1, 0.15) is 25.0 Å². The Kier molecular flexibility index (Phi) is 9.29. The summed E-state index contributed by atoms with van der Waals surface area (Å²) in [5.41, 5.74) is 7.90. The van der Waals surface area contributed by atoms with Crippen LogP contribution in [0.4, 0.5) is 51.7 Å². The monoisotopic (exact) mass is 802 g/mol. The van der Waals surface area contributed by atoms with E-state index in [0.717, 1.165) is 27.9 Å². The van der Waals surface area contributed by atoms with E-state index in [1.807, 2.05) is 103 Å². The maximum absolute atomic E-state index is 16.8. The van der Waals surface area contributed by atoms with E-state index in [1.54, 1.807) is 36.4 Å². The fourth-order valence-electron chi connectivity index (χ4n) is 8.93. The van der Waals surface area contributed by atoms with Crippen LogP contribution in [0.2, 0.25) is 0 Å². The van der Waals surface area contributed by atoms with Crippen molar-refractivity contribution >= 4 is 44.9 Å². The molecular formula is C55H38F4N2. The van der Waals surface area contributed by atoms with Crippen molar-refractivity contribution in [2.75, 3.05) is 9.80 Å². The van der Waals surface area contributed by atoms with Gasteiger partial charge in [0, 0.05) is 33.6 Å². The first-order chi connectivity index (χ1) is 29.7. The molecular weight excluding hydrogens is 765 g/mol. The molecule has 61 heavy (non-hydrogen) atoms. The summed E-state index contributed by atoms with van der Waals surface area (Å²) in [6, 6.07) is 60.5. The summed E-state index contributed by atoms with van der Waals surface area (Å²) in [7, 11) is 0. The van der Waals surface area contributed by atoms with E-state index in [0.29, 0.717) is 22.4 Å². The number of benzene rings is 9. The molecule has 0 bridgehead atoms. The number of fused-ring (bicyclic) bond motifs is 4. The van der Waals surface area contributed by atoms with E-state index >= 15 is 17.6 Å². The third kappa shape index (κ3) is 6.34. The SMILES string of the molecule is CC1(C)c2ccccc2-c2ccc(N(c3ccccc3)c3ccc(-c4c(F)c(F)c(N(c5ccc(-c6ccccc6)cc5)c5cccc6ccccc56)c(F)c4F)cc3)cc21. The van der Waals surface area contributed by atoms with Gasteiger partial charge in [-0.3, -0.25) is 0 Å². The van der Waals surface area contributed by atoms with Gasteiger partial charge in [0.25, 0.3) is 0 Å². The van der Waals surface area contributed by atoms with Crippen LogP contribution in [-0.4, -0.2) is 0 Å². The van der Waals surface area contributed by atoms with Crippen molar-refractivity contribution < 1.29 is 17.6 Å². The number of para-hydroxylation sites is 1. The van der Waals surface area contributed by atoms with Gasteiger partial charge in [-0.1, -0.05) is 153 Å². The molecule has 0 saturated carbocycles. The van der Waals surface area contributed by atoms with Crippen LogP contribution in [0.3, 0.4) is 0 Å². The Morgan fingerprint density at radius 1 is 0.377 bits per heavy atom. The van der Waals surface area contributed by atoms with Gasteiger partial charge in [0.1, 0.15) is 5.69 Å². The summed E-state index contributed by atoms with van der Waals surface area (Å²) in [5, 5.41) is 1.44. The highest BCUT2D eigenvalue weighted by atomic mass is 19.2. The maximum Gasteiger partial charge on any atom is 0.186 e. The molecule has 0 aromatic heterocycles. The molecule has 296 valence electrons. The lowest BCUT2D eigenvalue weighted by molar-refractivity contribution is 0.461. The Bertz CT molecular complexity index is 3060. The standard InChI is InChI=1S/C55H38F4N2/c1-55(2)46-22-12-11-21-44(46)45-33-32-42(34-47(45)55)60(39-18-7-4-8-19-39)40-30-26-38(27-31-40)49-50(56)52(58)54(53(59)51(49)57)61(48-23-13-17-37-16-9-10-20-43(37)48)41-28-24-36(25-29-41)35-14-5-3-6-15-35/h3-34H,1-2H3. The number of hydrogen-bond donors (Lipinski definition) is 0. The third-order valence-electron chi connectivity index (χ3n) is 12.0. The minimum atomic E-state index is -1.51. The van der Waals surface area contributed by atoms with E-state index in [-0.39, 0.29) is 11.0 Å². The van der Waals surface area contributed by atoms with Crippen LogP contribution in [0.5, 0.6) is 0 Å². The summed E-state index contributed by atoms with van der Waals surface area (Å²) in [6.07, 6.45) is 0. The molecule has 0 heterocycles. The lowest BCUT2D eigenvalue weighted by Crippen LogP contribution is -2.17. The van der Waals surface area contributed by atoms with Crippen molar-refractivity contribution in [3.8, 4) is 33.4 Å². The van der Waals surface area contributed by atoms with Crippen molar-refractivity contribution in [1.82, 2.24) is 0 Å². The number of anilines is 6. The van der Waals surface area contributed by atoms with Crippen LogP contribution in [0.15, 0.2) is 194 Å².